The van der Waals surface area contributed by atoms with E-state index >= 15 is 0 Å². The summed E-state index contributed by atoms with van der Waals surface area (Å²) in [5.74, 6) is 0.494. The van der Waals surface area contributed by atoms with E-state index in [2.05, 4.69) is 10.3 Å². The van der Waals surface area contributed by atoms with Crippen molar-refractivity contribution in [2.24, 2.45) is 5.41 Å². The van der Waals surface area contributed by atoms with E-state index in [0.29, 0.717) is 18.0 Å². The predicted octanol–water partition coefficient (Wildman–Crippen LogP) is 1.18. The first-order valence-corrected chi connectivity index (χ1v) is 5.75. The molecule has 0 aliphatic heterocycles. The minimum Gasteiger partial charge on any atom is -0.436 e. The number of rotatable bonds is 2. The minimum absolute atomic E-state index is 0.0187. The van der Waals surface area contributed by atoms with Gasteiger partial charge in [-0.15, -0.1) is 0 Å². The first kappa shape index (κ1) is 12.1. The van der Waals surface area contributed by atoms with Gasteiger partial charge in [-0.05, 0) is 13.3 Å². The molecular formula is C12H18N2O3. The third-order valence-corrected chi connectivity index (χ3v) is 3.63. The minimum atomic E-state index is -0.356. The fraction of sp³-hybridized carbons (Fsp3) is 0.667. The standard InChI is InChI=1S/C12H18N2O3/c1-6-10(17-7(2)13-6)11(16)14-8-5-9(15)12(8,3)4/h8-9,15H,5H2,1-4H3,(H,14,16). The van der Waals surface area contributed by atoms with Gasteiger partial charge in [0.2, 0.25) is 5.76 Å². The molecule has 5 nitrogen and oxygen atoms in total. The molecule has 1 aliphatic carbocycles. The van der Waals surface area contributed by atoms with E-state index in [9.17, 15) is 9.90 Å². The van der Waals surface area contributed by atoms with Crippen molar-refractivity contribution in [2.75, 3.05) is 0 Å². The van der Waals surface area contributed by atoms with Crippen molar-refractivity contribution in [1.29, 1.82) is 0 Å². The summed E-state index contributed by atoms with van der Waals surface area (Å²) in [5, 5.41) is 12.5. The van der Waals surface area contributed by atoms with E-state index in [1.807, 2.05) is 13.8 Å². The number of aromatic nitrogens is 1. The molecule has 5 heteroatoms. The molecule has 1 aliphatic rings. The predicted molar refractivity (Wildman–Crippen MR) is 61.6 cm³/mol. The van der Waals surface area contributed by atoms with Gasteiger partial charge in [-0.3, -0.25) is 4.79 Å². The van der Waals surface area contributed by atoms with Crippen LogP contribution in [0.1, 0.15) is 42.4 Å². The maximum absolute atomic E-state index is 11.9. The van der Waals surface area contributed by atoms with Gasteiger partial charge in [0.05, 0.1) is 11.8 Å². The van der Waals surface area contributed by atoms with Crippen LogP contribution < -0.4 is 5.32 Å². The highest BCUT2D eigenvalue weighted by Crippen LogP contribution is 2.40. The van der Waals surface area contributed by atoms with Gasteiger partial charge in [-0.25, -0.2) is 4.98 Å². The molecule has 1 aromatic rings. The van der Waals surface area contributed by atoms with Crippen molar-refractivity contribution in [3.8, 4) is 0 Å². The highest BCUT2D eigenvalue weighted by atomic mass is 16.4. The van der Waals surface area contributed by atoms with E-state index in [-0.39, 0.29) is 29.2 Å². The van der Waals surface area contributed by atoms with E-state index in [1.54, 1.807) is 13.8 Å². The molecular weight excluding hydrogens is 220 g/mol. The molecule has 0 spiro atoms. The van der Waals surface area contributed by atoms with Crippen LogP contribution in [0.2, 0.25) is 0 Å². The van der Waals surface area contributed by atoms with Crippen LogP contribution in [0, 0.1) is 19.3 Å². The molecule has 1 heterocycles. The number of aryl methyl sites for hydroxylation is 2. The van der Waals surface area contributed by atoms with Crippen molar-refractivity contribution < 1.29 is 14.3 Å². The van der Waals surface area contributed by atoms with Gasteiger partial charge in [0.15, 0.2) is 5.89 Å². The van der Waals surface area contributed by atoms with Crippen molar-refractivity contribution in [2.45, 2.75) is 46.3 Å². The zero-order valence-electron chi connectivity index (χ0n) is 10.6. The van der Waals surface area contributed by atoms with Gasteiger partial charge in [0, 0.05) is 18.4 Å². The Kier molecular flexibility index (Phi) is 2.73. The topological polar surface area (TPSA) is 75.4 Å². The quantitative estimate of drug-likeness (QED) is 0.811. The fourth-order valence-corrected chi connectivity index (χ4v) is 2.11. The van der Waals surface area contributed by atoms with Crippen molar-refractivity contribution in [1.82, 2.24) is 10.3 Å². The van der Waals surface area contributed by atoms with E-state index < -0.39 is 0 Å². The number of nitrogens with one attached hydrogen (secondary N) is 1. The van der Waals surface area contributed by atoms with Crippen LogP contribution in [0.15, 0.2) is 4.42 Å². The van der Waals surface area contributed by atoms with Crippen molar-refractivity contribution >= 4 is 5.91 Å². The second-order valence-electron chi connectivity index (χ2n) is 5.25. The van der Waals surface area contributed by atoms with Crippen molar-refractivity contribution in [3.63, 3.8) is 0 Å². The number of carbonyl (C=O) groups excluding carboxylic acids is 1. The summed E-state index contributed by atoms with van der Waals surface area (Å²) in [5.41, 5.74) is 0.316. The van der Waals surface area contributed by atoms with Crippen molar-refractivity contribution in [3.05, 3.63) is 17.3 Å². The molecule has 0 radical (unpaired) electrons. The number of aliphatic hydroxyl groups excluding tert-OH is 1. The molecule has 1 amide bonds. The third kappa shape index (κ3) is 1.95. The van der Waals surface area contributed by atoms with Crippen LogP contribution in [0.5, 0.6) is 0 Å². The van der Waals surface area contributed by atoms with Crippen LogP contribution in [0.4, 0.5) is 0 Å². The number of aliphatic hydroxyl groups is 1. The summed E-state index contributed by atoms with van der Waals surface area (Å²) in [4.78, 5) is 16.0. The normalized spacial score (nSPS) is 26.4. The Hall–Kier alpha value is -1.36. The van der Waals surface area contributed by atoms with Crippen LogP contribution in [0.25, 0.3) is 0 Å². The largest absolute Gasteiger partial charge is 0.436 e. The SMILES string of the molecule is Cc1nc(C)c(C(=O)NC2CC(O)C2(C)C)o1. The molecule has 0 bridgehead atoms. The highest BCUT2D eigenvalue weighted by Gasteiger charge is 2.48. The number of nitrogens with zero attached hydrogens (tertiary/aromatic N) is 1. The van der Waals surface area contributed by atoms with Gasteiger partial charge < -0.3 is 14.8 Å². The second kappa shape index (κ2) is 3.84. The van der Waals surface area contributed by atoms with Gasteiger partial charge in [0.1, 0.15) is 0 Å². The lowest BCUT2D eigenvalue weighted by Crippen LogP contribution is -2.61. The van der Waals surface area contributed by atoms with Crippen LogP contribution in [-0.4, -0.2) is 28.1 Å². The van der Waals surface area contributed by atoms with Gasteiger partial charge in [0.25, 0.3) is 5.91 Å². The maximum atomic E-state index is 11.9. The number of oxazole rings is 1. The Morgan fingerprint density at radius 3 is 2.59 bits per heavy atom. The van der Waals surface area contributed by atoms with Gasteiger partial charge >= 0.3 is 0 Å². The molecule has 2 N–H and O–H groups in total. The molecule has 1 aromatic heterocycles. The van der Waals surface area contributed by atoms with E-state index in [1.165, 1.54) is 0 Å². The Labute approximate surface area is 100 Å². The average Bonchev–Trinajstić information content (AvgIpc) is 2.57. The van der Waals surface area contributed by atoms with Gasteiger partial charge in [-0.2, -0.15) is 0 Å². The maximum Gasteiger partial charge on any atom is 0.289 e. The Morgan fingerprint density at radius 2 is 2.18 bits per heavy atom. The molecule has 2 unspecified atom stereocenters. The Bertz CT molecular complexity index is 451. The van der Waals surface area contributed by atoms with Crippen LogP contribution >= 0.6 is 0 Å². The zero-order chi connectivity index (χ0) is 12.8. The molecule has 1 fully saturated rings. The summed E-state index contributed by atoms with van der Waals surface area (Å²) in [6.45, 7) is 7.32. The Morgan fingerprint density at radius 1 is 1.53 bits per heavy atom. The summed E-state index contributed by atoms with van der Waals surface area (Å²) >= 11 is 0. The molecule has 94 valence electrons. The van der Waals surface area contributed by atoms with E-state index in [0.717, 1.165) is 0 Å². The smallest absolute Gasteiger partial charge is 0.289 e. The lowest BCUT2D eigenvalue weighted by molar-refractivity contribution is -0.0691. The van der Waals surface area contributed by atoms with Gasteiger partial charge in [-0.1, -0.05) is 13.8 Å². The lowest BCUT2D eigenvalue weighted by Gasteiger charge is -2.49. The zero-order valence-corrected chi connectivity index (χ0v) is 10.6. The molecule has 0 aromatic carbocycles. The average molecular weight is 238 g/mol. The third-order valence-electron chi connectivity index (χ3n) is 3.63. The molecule has 0 saturated heterocycles. The molecule has 2 atom stereocenters. The fourth-order valence-electron chi connectivity index (χ4n) is 2.11. The van der Waals surface area contributed by atoms with Crippen LogP contribution in [-0.2, 0) is 0 Å². The number of hydrogen-bond donors (Lipinski definition) is 2. The lowest BCUT2D eigenvalue weighted by atomic mass is 9.64. The Balaban J connectivity index is 2.06. The van der Waals surface area contributed by atoms with E-state index in [4.69, 9.17) is 4.42 Å². The summed E-state index contributed by atoms with van der Waals surface area (Å²) in [6, 6.07) is -0.0187. The highest BCUT2D eigenvalue weighted by molar-refractivity contribution is 5.92. The molecule has 2 rings (SSSR count). The number of hydrogen-bond acceptors (Lipinski definition) is 4. The molecule has 17 heavy (non-hydrogen) atoms. The number of amides is 1. The summed E-state index contributed by atoms with van der Waals surface area (Å²) in [6.07, 6.45) is 0.232. The second-order valence-corrected chi connectivity index (χ2v) is 5.25. The monoisotopic (exact) mass is 238 g/mol. The molecule has 1 saturated carbocycles. The summed E-state index contributed by atoms with van der Waals surface area (Å²) < 4.78 is 5.25. The number of carbonyl (C=O) groups is 1. The summed E-state index contributed by atoms with van der Waals surface area (Å²) in [7, 11) is 0. The first-order chi connectivity index (χ1) is 7.82. The first-order valence-electron chi connectivity index (χ1n) is 5.75. The van der Waals surface area contributed by atoms with Crippen LogP contribution in [0.3, 0.4) is 0 Å².